The van der Waals surface area contributed by atoms with Crippen molar-refractivity contribution in [3.8, 4) is 11.5 Å². The SMILES string of the molecule is O=C(NO)c1ccc2c(c1)OCCN(C(=O)C1Oc3ccccc3C13CCNCC3)C2. The molecule has 2 amide bonds. The quantitative estimate of drug-likeness (QED) is 0.501. The summed E-state index contributed by atoms with van der Waals surface area (Å²) in [6.45, 7) is 2.82. The van der Waals surface area contributed by atoms with E-state index in [1.165, 1.54) is 0 Å². The highest BCUT2D eigenvalue weighted by molar-refractivity contribution is 5.94. The van der Waals surface area contributed by atoms with Crippen LogP contribution in [0.5, 0.6) is 11.5 Å². The van der Waals surface area contributed by atoms with Gasteiger partial charge in [-0.1, -0.05) is 24.3 Å². The van der Waals surface area contributed by atoms with Crippen LogP contribution >= 0.6 is 0 Å². The van der Waals surface area contributed by atoms with Crippen molar-refractivity contribution in [2.45, 2.75) is 30.9 Å². The molecule has 162 valence electrons. The lowest BCUT2D eigenvalue weighted by molar-refractivity contribution is -0.142. The highest BCUT2D eigenvalue weighted by Crippen LogP contribution is 2.49. The molecule has 0 aromatic heterocycles. The number of fused-ring (bicyclic) bond motifs is 3. The van der Waals surface area contributed by atoms with Gasteiger partial charge in [0.15, 0.2) is 6.10 Å². The Kier molecular flexibility index (Phi) is 5.03. The Morgan fingerprint density at radius 2 is 1.94 bits per heavy atom. The molecule has 2 aromatic rings. The zero-order chi connectivity index (χ0) is 21.4. The zero-order valence-corrected chi connectivity index (χ0v) is 17.1. The van der Waals surface area contributed by atoms with Gasteiger partial charge >= 0.3 is 0 Å². The van der Waals surface area contributed by atoms with E-state index >= 15 is 0 Å². The van der Waals surface area contributed by atoms with E-state index in [1.807, 2.05) is 18.2 Å². The summed E-state index contributed by atoms with van der Waals surface area (Å²) in [5, 5.41) is 12.3. The highest BCUT2D eigenvalue weighted by atomic mass is 16.5. The van der Waals surface area contributed by atoms with E-state index < -0.39 is 12.0 Å². The lowest BCUT2D eigenvalue weighted by Crippen LogP contribution is -2.54. The first kappa shape index (κ1) is 19.8. The Balaban J connectivity index is 1.43. The molecule has 3 heterocycles. The molecule has 1 atom stereocenters. The van der Waals surface area contributed by atoms with Crippen LogP contribution in [0.1, 0.15) is 34.3 Å². The first-order valence-corrected chi connectivity index (χ1v) is 10.6. The number of nitrogens with one attached hydrogen (secondary N) is 2. The molecule has 0 aliphatic carbocycles. The van der Waals surface area contributed by atoms with Crippen LogP contribution in [0.2, 0.25) is 0 Å². The van der Waals surface area contributed by atoms with E-state index in [-0.39, 0.29) is 11.3 Å². The first-order chi connectivity index (χ1) is 15.1. The van der Waals surface area contributed by atoms with E-state index in [0.717, 1.165) is 42.8 Å². The van der Waals surface area contributed by atoms with Crippen molar-refractivity contribution in [3.63, 3.8) is 0 Å². The third kappa shape index (κ3) is 3.32. The molecule has 1 spiro atoms. The molecule has 5 rings (SSSR count). The number of amides is 2. The van der Waals surface area contributed by atoms with Crippen molar-refractivity contribution in [1.29, 1.82) is 0 Å². The molecule has 8 heteroatoms. The van der Waals surface area contributed by atoms with E-state index in [0.29, 0.717) is 31.0 Å². The summed E-state index contributed by atoms with van der Waals surface area (Å²) in [6, 6.07) is 12.9. The molecule has 3 aliphatic rings. The van der Waals surface area contributed by atoms with Gasteiger partial charge in [-0.3, -0.25) is 14.8 Å². The largest absolute Gasteiger partial charge is 0.491 e. The lowest BCUT2D eigenvalue weighted by atomic mass is 9.70. The Morgan fingerprint density at radius 1 is 1.13 bits per heavy atom. The van der Waals surface area contributed by atoms with Gasteiger partial charge in [0.1, 0.15) is 18.1 Å². The maximum Gasteiger partial charge on any atom is 0.274 e. The van der Waals surface area contributed by atoms with Gasteiger partial charge in [-0.05, 0) is 44.1 Å². The fraction of sp³-hybridized carbons (Fsp3) is 0.391. The molecule has 3 N–H and O–H groups in total. The van der Waals surface area contributed by atoms with Crippen LogP contribution in [-0.2, 0) is 16.8 Å². The second kappa shape index (κ2) is 7.86. The molecule has 8 nitrogen and oxygen atoms in total. The van der Waals surface area contributed by atoms with Gasteiger partial charge in [-0.15, -0.1) is 0 Å². The number of ether oxygens (including phenoxy) is 2. The summed E-state index contributed by atoms with van der Waals surface area (Å²) in [6.07, 6.45) is 1.13. The van der Waals surface area contributed by atoms with Crippen LogP contribution in [-0.4, -0.2) is 54.3 Å². The summed E-state index contributed by atoms with van der Waals surface area (Å²) in [4.78, 5) is 27.3. The van der Waals surface area contributed by atoms with Crippen molar-refractivity contribution in [2.75, 3.05) is 26.2 Å². The van der Waals surface area contributed by atoms with Gasteiger partial charge in [0.2, 0.25) is 0 Å². The summed E-state index contributed by atoms with van der Waals surface area (Å²) in [5.74, 6) is 0.706. The van der Waals surface area contributed by atoms with Gasteiger partial charge in [0, 0.05) is 28.7 Å². The summed E-state index contributed by atoms with van der Waals surface area (Å²) in [5.41, 5.74) is 3.54. The number of hydrogen-bond donors (Lipinski definition) is 3. The molecular formula is C23H25N3O5. The third-order valence-electron chi connectivity index (χ3n) is 6.61. The van der Waals surface area contributed by atoms with Crippen molar-refractivity contribution >= 4 is 11.8 Å². The number of rotatable bonds is 2. The molecular weight excluding hydrogens is 398 g/mol. The minimum absolute atomic E-state index is 0.0354. The van der Waals surface area contributed by atoms with Crippen molar-refractivity contribution in [1.82, 2.24) is 15.7 Å². The number of carbonyl (C=O) groups is 2. The molecule has 3 aliphatic heterocycles. The third-order valence-corrected chi connectivity index (χ3v) is 6.61. The smallest absolute Gasteiger partial charge is 0.274 e. The minimum atomic E-state index is -0.603. The molecule has 0 bridgehead atoms. The van der Waals surface area contributed by atoms with Gasteiger partial charge in [-0.25, -0.2) is 5.48 Å². The van der Waals surface area contributed by atoms with E-state index in [1.54, 1.807) is 28.6 Å². The number of carbonyl (C=O) groups excluding carboxylic acids is 2. The second-order valence-electron chi connectivity index (χ2n) is 8.27. The molecule has 0 saturated carbocycles. The van der Waals surface area contributed by atoms with Gasteiger partial charge in [0.05, 0.1) is 6.54 Å². The monoisotopic (exact) mass is 423 g/mol. The fourth-order valence-electron chi connectivity index (χ4n) is 4.98. The van der Waals surface area contributed by atoms with Crippen LogP contribution in [0.25, 0.3) is 0 Å². The number of benzene rings is 2. The Bertz CT molecular complexity index is 1020. The number of piperidine rings is 1. The van der Waals surface area contributed by atoms with Gasteiger partial charge < -0.3 is 19.7 Å². The number of nitrogens with zero attached hydrogens (tertiary/aromatic N) is 1. The Hall–Kier alpha value is -3.10. The minimum Gasteiger partial charge on any atom is -0.491 e. The van der Waals surface area contributed by atoms with Crippen LogP contribution in [0.3, 0.4) is 0 Å². The normalized spacial score (nSPS) is 21.3. The van der Waals surface area contributed by atoms with Gasteiger partial charge in [-0.2, -0.15) is 0 Å². The topological polar surface area (TPSA) is 100 Å². The maximum atomic E-state index is 13.8. The average Bonchev–Trinajstić information content (AvgIpc) is 2.97. The van der Waals surface area contributed by atoms with E-state index in [9.17, 15) is 9.59 Å². The standard InChI is InChI=1S/C23H25N3O5/c27-21(25-29)15-5-6-16-14-26(11-12-30-19(16)13-15)22(28)20-23(7-9-24-10-8-23)17-3-1-2-4-18(17)31-20/h1-6,13,20,24,29H,7-12,14H2,(H,25,27). The molecule has 1 saturated heterocycles. The highest BCUT2D eigenvalue weighted by Gasteiger charge is 2.53. The summed E-state index contributed by atoms with van der Waals surface area (Å²) in [7, 11) is 0. The molecule has 1 unspecified atom stereocenters. The fourth-order valence-corrected chi connectivity index (χ4v) is 4.98. The van der Waals surface area contributed by atoms with E-state index in [2.05, 4.69) is 11.4 Å². The van der Waals surface area contributed by atoms with Crippen LogP contribution in [0.4, 0.5) is 0 Å². The Labute approximate surface area is 180 Å². The van der Waals surface area contributed by atoms with Crippen molar-refractivity contribution < 1.29 is 24.3 Å². The summed E-state index contributed by atoms with van der Waals surface area (Å²) < 4.78 is 12.1. The van der Waals surface area contributed by atoms with E-state index in [4.69, 9.17) is 14.7 Å². The van der Waals surface area contributed by atoms with Gasteiger partial charge in [0.25, 0.3) is 11.8 Å². The average molecular weight is 423 g/mol. The first-order valence-electron chi connectivity index (χ1n) is 10.6. The number of para-hydroxylation sites is 1. The molecule has 31 heavy (non-hydrogen) atoms. The van der Waals surface area contributed by atoms with Crippen LogP contribution < -0.4 is 20.3 Å². The molecule has 0 radical (unpaired) electrons. The number of hydrogen-bond acceptors (Lipinski definition) is 6. The number of hydroxylamine groups is 1. The Morgan fingerprint density at radius 3 is 2.74 bits per heavy atom. The summed E-state index contributed by atoms with van der Waals surface area (Å²) >= 11 is 0. The van der Waals surface area contributed by atoms with Crippen molar-refractivity contribution in [3.05, 3.63) is 59.2 Å². The van der Waals surface area contributed by atoms with Crippen molar-refractivity contribution in [2.24, 2.45) is 0 Å². The predicted octanol–water partition coefficient (Wildman–Crippen LogP) is 1.61. The maximum absolute atomic E-state index is 13.8. The molecule has 2 aromatic carbocycles. The predicted molar refractivity (Wildman–Crippen MR) is 111 cm³/mol. The lowest BCUT2D eigenvalue weighted by Gasteiger charge is -2.39. The zero-order valence-electron chi connectivity index (χ0n) is 17.1. The van der Waals surface area contributed by atoms with Crippen LogP contribution in [0.15, 0.2) is 42.5 Å². The van der Waals surface area contributed by atoms with Crippen LogP contribution in [0, 0.1) is 0 Å². The molecule has 1 fully saturated rings. The second-order valence-corrected chi connectivity index (χ2v) is 8.27.